The van der Waals surface area contributed by atoms with Crippen LogP contribution in [0.3, 0.4) is 0 Å². The Bertz CT molecular complexity index is 553. The van der Waals surface area contributed by atoms with Crippen LogP contribution in [-0.4, -0.2) is 16.8 Å². The Kier molecular flexibility index (Phi) is 6.34. The van der Waals surface area contributed by atoms with Gasteiger partial charge in [0.05, 0.1) is 0 Å². The molecule has 0 heterocycles. The number of hydrogen-bond acceptors (Lipinski definition) is 3. The van der Waals surface area contributed by atoms with Crippen LogP contribution in [0.25, 0.3) is 0 Å². The van der Waals surface area contributed by atoms with E-state index in [2.05, 4.69) is 31.2 Å². The number of hydrogen-bond donors (Lipinski definition) is 2. The van der Waals surface area contributed by atoms with Crippen molar-refractivity contribution in [2.24, 2.45) is 0 Å². The average molecular weight is 316 g/mol. The van der Waals surface area contributed by atoms with Gasteiger partial charge in [-0.25, -0.2) is 0 Å². The molecule has 1 unspecified atom stereocenters. The quantitative estimate of drug-likeness (QED) is 0.677. The van der Waals surface area contributed by atoms with Crippen molar-refractivity contribution in [2.45, 2.75) is 42.2 Å². The zero-order valence-electron chi connectivity index (χ0n) is 13.0. The SMILES string of the molecule is CCCCC(CCO)(Sc1ccc(O)cc1)c1ccccc1. The first-order valence-corrected chi connectivity index (χ1v) is 8.66. The van der Waals surface area contributed by atoms with Crippen molar-refractivity contribution >= 4 is 11.8 Å². The van der Waals surface area contributed by atoms with E-state index in [0.717, 1.165) is 30.6 Å². The van der Waals surface area contributed by atoms with E-state index in [1.807, 2.05) is 18.2 Å². The van der Waals surface area contributed by atoms with Crippen LogP contribution in [-0.2, 0) is 4.75 Å². The van der Waals surface area contributed by atoms with Gasteiger partial charge >= 0.3 is 0 Å². The molecule has 0 aromatic heterocycles. The van der Waals surface area contributed by atoms with Gasteiger partial charge in [-0.05, 0) is 42.7 Å². The van der Waals surface area contributed by atoms with Gasteiger partial charge in [-0.2, -0.15) is 0 Å². The lowest BCUT2D eigenvalue weighted by Gasteiger charge is -2.34. The van der Waals surface area contributed by atoms with Crippen LogP contribution in [0.5, 0.6) is 5.75 Å². The summed E-state index contributed by atoms with van der Waals surface area (Å²) in [7, 11) is 0. The smallest absolute Gasteiger partial charge is 0.115 e. The highest BCUT2D eigenvalue weighted by molar-refractivity contribution is 8.00. The third-order valence-electron chi connectivity index (χ3n) is 3.90. The van der Waals surface area contributed by atoms with Crippen LogP contribution in [0, 0.1) is 0 Å². The van der Waals surface area contributed by atoms with Crippen LogP contribution in [0.15, 0.2) is 59.5 Å². The summed E-state index contributed by atoms with van der Waals surface area (Å²) >= 11 is 1.79. The second-order valence-corrected chi connectivity index (χ2v) is 6.99. The van der Waals surface area contributed by atoms with Crippen LogP contribution in [0.4, 0.5) is 0 Å². The molecule has 0 fully saturated rings. The maximum absolute atomic E-state index is 9.63. The van der Waals surface area contributed by atoms with Crippen molar-refractivity contribution in [3.8, 4) is 5.75 Å². The molecule has 0 aliphatic heterocycles. The summed E-state index contributed by atoms with van der Waals surface area (Å²) in [6.45, 7) is 2.36. The molecule has 2 nitrogen and oxygen atoms in total. The molecule has 0 amide bonds. The second-order valence-electron chi connectivity index (χ2n) is 5.53. The average Bonchev–Trinajstić information content (AvgIpc) is 2.56. The lowest BCUT2D eigenvalue weighted by atomic mass is 9.90. The number of benzene rings is 2. The Morgan fingerprint density at radius 1 is 0.955 bits per heavy atom. The van der Waals surface area contributed by atoms with Crippen molar-refractivity contribution in [3.05, 3.63) is 60.2 Å². The molecule has 22 heavy (non-hydrogen) atoms. The van der Waals surface area contributed by atoms with Crippen LogP contribution < -0.4 is 0 Å². The molecule has 2 N–H and O–H groups in total. The number of thioether (sulfide) groups is 1. The summed E-state index contributed by atoms with van der Waals surface area (Å²) in [5, 5.41) is 19.1. The molecule has 0 bridgehead atoms. The first kappa shape index (κ1) is 16.9. The molecule has 0 spiro atoms. The number of phenols is 1. The first-order chi connectivity index (χ1) is 10.7. The normalized spacial score (nSPS) is 13.7. The van der Waals surface area contributed by atoms with Gasteiger partial charge in [-0.15, -0.1) is 11.8 Å². The van der Waals surface area contributed by atoms with Gasteiger partial charge in [0, 0.05) is 16.2 Å². The van der Waals surface area contributed by atoms with Crippen molar-refractivity contribution in [3.63, 3.8) is 0 Å². The Labute approximate surface area is 137 Å². The van der Waals surface area contributed by atoms with E-state index in [1.165, 1.54) is 5.56 Å². The van der Waals surface area contributed by atoms with E-state index in [9.17, 15) is 10.2 Å². The number of aromatic hydroxyl groups is 1. The molecule has 2 aromatic carbocycles. The van der Waals surface area contributed by atoms with Crippen LogP contribution >= 0.6 is 11.8 Å². The molecule has 2 rings (SSSR count). The molecule has 0 saturated heterocycles. The summed E-state index contributed by atoms with van der Waals surface area (Å²) in [6, 6.07) is 17.8. The standard InChI is InChI=1S/C19H24O2S/c1-2-3-13-19(14-15-20,16-7-5-4-6-8-16)22-18-11-9-17(21)10-12-18/h4-12,20-21H,2-3,13-15H2,1H3. The predicted molar refractivity (Wildman–Crippen MR) is 93.3 cm³/mol. The summed E-state index contributed by atoms with van der Waals surface area (Å²) in [5.74, 6) is 0.283. The maximum Gasteiger partial charge on any atom is 0.115 e. The molecule has 0 aliphatic rings. The molecular weight excluding hydrogens is 292 g/mol. The molecule has 118 valence electrons. The summed E-state index contributed by atoms with van der Waals surface area (Å²) in [5.41, 5.74) is 1.26. The molecular formula is C19H24O2S. The van der Waals surface area contributed by atoms with Crippen molar-refractivity contribution in [2.75, 3.05) is 6.61 Å². The van der Waals surface area contributed by atoms with Gasteiger partial charge in [0.1, 0.15) is 5.75 Å². The van der Waals surface area contributed by atoms with Gasteiger partial charge in [0.15, 0.2) is 0 Å². The number of aliphatic hydroxyl groups is 1. The van der Waals surface area contributed by atoms with Gasteiger partial charge in [-0.1, -0.05) is 50.1 Å². The Balaban J connectivity index is 2.35. The second kappa shape index (κ2) is 8.25. The minimum atomic E-state index is -0.122. The zero-order valence-corrected chi connectivity index (χ0v) is 13.9. The fourth-order valence-electron chi connectivity index (χ4n) is 2.70. The molecule has 0 radical (unpaired) electrons. The Hall–Kier alpha value is -1.45. The first-order valence-electron chi connectivity index (χ1n) is 7.84. The molecule has 3 heteroatoms. The van der Waals surface area contributed by atoms with E-state index in [4.69, 9.17) is 0 Å². The fourth-order valence-corrected chi connectivity index (χ4v) is 4.12. The zero-order chi connectivity index (χ0) is 15.8. The highest BCUT2D eigenvalue weighted by Crippen LogP contribution is 2.47. The third kappa shape index (κ3) is 4.28. The molecule has 2 aromatic rings. The number of rotatable bonds is 8. The van der Waals surface area contributed by atoms with Gasteiger partial charge < -0.3 is 10.2 Å². The summed E-state index contributed by atoms with van der Waals surface area (Å²) < 4.78 is -0.122. The van der Waals surface area contributed by atoms with Crippen molar-refractivity contribution < 1.29 is 10.2 Å². The van der Waals surface area contributed by atoms with Crippen molar-refractivity contribution in [1.29, 1.82) is 0 Å². The van der Waals surface area contributed by atoms with Gasteiger partial charge in [0.25, 0.3) is 0 Å². The summed E-state index contributed by atoms with van der Waals surface area (Å²) in [6.07, 6.45) is 4.01. The van der Waals surface area contributed by atoms with E-state index in [0.29, 0.717) is 0 Å². The lowest BCUT2D eigenvalue weighted by Crippen LogP contribution is -2.23. The summed E-state index contributed by atoms with van der Waals surface area (Å²) in [4.78, 5) is 1.12. The van der Waals surface area contributed by atoms with E-state index >= 15 is 0 Å². The highest BCUT2D eigenvalue weighted by Gasteiger charge is 2.32. The molecule has 1 atom stereocenters. The van der Waals surface area contributed by atoms with Gasteiger partial charge in [-0.3, -0.25) is 0 Å². The lowest BCUT2D eigenvalue weighted by molar-refractivity contribution is 0.263. The topological polar surface area (TPSA) is 40.5 Å². The molecule has 0 aliphatic carbocycles. The van der Waals surface area contributed by atoms with E-state index in [-0.39, 0.29) is 17.1 Å². The predicted octanol–water partition coefficient (Wildman–Crippen LogP) is 4.95. The maximum atomic E-state index is 9.63. The van der Waals surface area contributed by atoms with E-state index < -0.39 is 0 Å². The van der Waals surface area contributed by atoms with Crippen LogP contribution in [0.2, 0.25) is 0 Å². The number of phenolic OH excluding ortho intramolecular Hbond substituents is 1. The van der Waals surface area contributed by atoms with Gasteiger partial charge in [0.2, 0.25) is 0 Å². The minimum absolute atomic E-state index is 0.122. The van der Waals surface area contributed by atoms with Crippen molar-refractivity contribution in [1.82, 2.24) is 0 Å². The highest BCUT2D eigenvalue weighted by atomic mass is 32.2. The minimum Gasteiger partial charge on any atom is -0.508 e. The fraction of sp³-hybridized carbons (Fsp3) is 0.368. The largest absolute Gasteiger partial charge is 0.508 e. The number of aliphatic hydroxyl groups excluding tert-OH is 1. The third-order valence-corrected chi connectivity index (χ3v) is 5.44. The monoisotopic (exact) mass is 316 g/mol. The Morgan fingerprint density at radius 2 is 1.64 bits per heavy atom. The molecule has 0 saturated carbocycles. The number of unbranched alkanes of at least 4 members (excludes halogenated alkanes) is 1. The van der Waals surface area contributed by atoms with Crippen LogP contribution in [0.1, 0.15) is 38.2 Å². The Morgan fingerprint density at radius 3 is 2.23 bits per heavy atom. The van der Waals surface area contributed by atoms with E-state index in [1.54, 1.807) is 23.9 Å².